The number of anilines is 1. The Balaban J connectivity index is 1.65. The van der Waals surface area contributed by atoms with Crippen molar-refractivity contribution in [3.63, 3.8) is 0 Å². The normalized spacial score (nSPS) is 14.6. The van der Waals surface area contributed by atoms with Crippen LogP contribution in [-0.2, 0) is 9.59 Å². The average Bonchev–Trinajstić information content (AvgIpc) is 2.92. The quantitative estimate of drug-likeness (QED) is 0.740. The zero-order chi connectivity index (χ0) is 19.9. The van der Waals surface area contributed by atoms with Gasteiger partial charge in [-0.15, -0.1) is 0 Å². The molecule has 1 aliphatic rings. The number of nitrogens with zero attached hydrogens (tertiary/aromatic N) is 5. The first-order valence-corrected chi connectivity index (χ1v) is 10.2. The fourth-order valence-corrected chi connectivity index (χ4v) is 3.69. The monoisotopic (exact) mass is 403 g/mol. The van der Waals surface area contributed by atoms with Gasteiger partial charge in [-0.25, -0.2) is 4.68 Å². The molecule has 0 aromatic carbocycles. The fraction of sp³-hybridized carbons (Fsp3) is 0.500. The predicted molar refractivity (Wildman–Crippen MR) is 109 cm³/mol. The molecule has 0 unspecified atom stereocenters. The van der Waals surface area contributed by atoms with Crippen molar-refractivity contribution in [2.45, 2.75) is 45.4 Å². The van der Waals surface area contributed by atoms with Crippen LogP contribution in [0.5, 0.6) is 0 Å². The standard InChI is InChI=1S/C20H26ClN5O2/c1-2-25(17-15-26(23-20(17)21)16-8-7-11-22-14-16)19(28)10-9-18(27)24-12-5-3-4-6-13-24/h7-8,11,14-15H,2-6,9-10,12-13H2,1H3. The van der Waals surface area contributed by atoms with Crippen molar-refractivity contribution in [2.24, 2.45) is 0 Å². The summed E-state index contributed by atoms with van der Waals surface area (Å²) in [5.41, 5.74) is 1.30. The second kappa shape index (κ2) is 9.68. The first kappa shape index (κ1) is 20.3. The molecule has 0 spiro atoms. The van der Waals surface area contributed by atoms with Crippen LogP contribution in [0.2, 0.25) is 5.15 Å². The number of amides is 2. The number of rotatable bonds is 6. The largest absolute Gasteiger partial charge is 0.343 e. The zero-order valence-electron chi connectivity index (χ0n) is 16.2. The molecular formula is C20H26ClN5O2. The van der Waals surface area contributed by atoms with E-state index in [9.17, 15) is 9.59 Å². The molecular weight excluding hydrogens is 378 g/mol. The molecule has 2 aromatic rings. The zero-order valence-corrected chi connectivity index (χ0v) is 16.9. The minimum Gasteiger partial charge on any atom is -0.343 e. The van der Waals surface area contributed by atoms with Gasteiger partial charge in [-0.3, -0.25) is 14.6 Å². The SMILES string of the molecule is CCN(C(=O)CCC(=O)N1CCCCCC1)c1cn(-c2cccnc2)nc1Cl. The van der Waals surface area contributed by atoms with Crippen molar-refractivity contribution >= 4 is 29.1 Å². The topological polar surface area (TPSA) is 71.3 Å². The molecule has 0 N–H and O–H groups in total. The van der Waals surface area contributed by atoms with E-state index in [2.05, 4.69) is 10.1 Å². The average molecular weight is 404 g/mol. The van der Waals surface area contributed by atoms with Gasteiger partial charge in [0.05, 0.1) is 18.1 Å². The van der Waals surface area contributed by atoms with E-state index in [1.54, 1.807) is 28.2 Å². The van der Waals surface area contributed by atoms with Crippen molar-refractivity contribution in [1.82, 2.24) is 19.7 Å². The second-order valence-electron chi connectivity index (χ2n) is 6.89. The fourth-order valence-electron chi connectivity index (χ4n) is 3.45. The lowest BCUT2D eigenvalue weighted by atomic mass is 10.2. The second-order valence-corrected chi connectivity index (χ2v) is 7.25. The van der Waals surface area contributed by atoms with E-state index in [1.165, 1.54) is 12.8 Å². The first-order chi connectivity index (χ1) is 13.6. The summed E-state index contributed by atoms with van der Waals surface area (Å²) in [5, 5.41) is 4.53. The highest BCUT2D eigenvalue weighted by molar-refractivity contribution is 6.32. The molecule has 8 heteroatoms. The minimum atomic E-state index is -0.127. The number of hydrogen-bond acceptors (Lipinski definition) is 4. The molecule has 3 rings (SSSR count). The molecule has 150 valence electrons. The summed E-state index contributed by atoms with van der Waals surface area (Å²) in [6.07, 6.45) is 9.90. The van der Waals surface area contributed by atoms with Crippen LogP contribution in [0.4, 0.5) is 5.69 Å². The number of likely N-dealkylation sites (tertiary alicyclic amines) is 1. The number of carbonyl (C=O) groups excluding carboxylic acids is 2. The molecule has 2 aromatic heterocycles. The molecule has 7 nitrogen and oxygen atoms in total. The van der Waals surface area contributed by atoms with Crippen LogP contribution >= 0.6 is 11.6 Å². The molecule has 2 amide bonds. The molecule has 28 heavy (non-hydrogen) atoms. The van der Waals surface area contributed by atoms with Crippen LogP contribution in [-0.4, -0.2) is 51.1 Å². The molecule has 1 saturated heterocycles. The lowest BCUT2D eigenvalue weighted by molar-refractivity contribution is -0.133. The van der Waals surface area contributed by atoms with Gasteiger partial charge in [0.15, 0.2) is 5.15 Å². The van der Waals surface area contributed by atoms with Crippen molar-refractivity contribution in [1.29, 1.82) is 0 Å². The Morgan fingerprint density at radius 2 is 1.93 bits per heavy atom. The Hall–Kier alpha value is -2.41. The lowest BCUT2D eigenvalue weighted by Gasteiger charge is -2.22. The van der Waals surface area contributed by atoms with E-state index < -0.39 is 0 Å². The lowest BCUT2D eigenvalue weighted by Crippen LogP contribution is -2.35. The summed E-state index contributed by atoms with van der Waals surface area (Å²) in [5.74, 6) is -0.0678. The van der Waals surface area contributed by atoms with Gasteiger partial charge in [0.1, 0.15) is 5.69 Å². The smallest absolute Gasteiger partial charge is 0.227 e. The van der Waals surface area contributed by atoms with E-state index in [1.807, 2.05) is 24.0 Å². The summed E-state index contributed by atoms with van der Waals surface area (Å²) in [6.45, 7) is 3.93. The van der Waals surface area contributed by atoms with Crippen LogP contribution < -0.4 is 4.90 Å². The van der Waals surface area contributed by atoms with Crippen LogP contribution in [0, 0.1) is 0 Å². The Labute approximate surface area is 170 Å². The number of carbonyl (C=O) groups is 2. The maximum atomic E-state index is 12.8. The number of pyridine rings is 1. The Bertz CT molecular complexity index is 800. The highest BCUT2D eigenvalue weighted by Gasteiger charge is 2.22. The van der Waals surface area contributed by atoms with E-state index in [4.69, 9.17) is 11.6 Å². The molecule has 0 aliphatic carbocycles. The molecule has 1 fully saturated rings. The predicted octanol–water partition coefficient (Wildman–Crippen LogP) is 3.46. The Morgan fingerprint density at radius 1 is 1.18 bits per heavy atom. The summed E-state index contributed by atoms with van der Waals surface area (Å²) < 4.78 is 1.60. The van der Waals surface area contributed by atoms with Crippen LogP contribution in [0.1, 0.15) is 45.4 Å². The van der Waals surface area contributed by atoms with Gasteiger partial charge in [-0.1, -0.05) is 24.4 Å². The third-order valence-corrected chi connectivity index (χ3v) is 5.25. The highest BCUT2D eigenvalue weighted by Crippen LogP contribution is 2.26. The summed E-state index contributed by atoms with van der Waals surface area (Å²) in [4.78, 5) is 32.8. The molecule has 0 radical (unpaired) electrons. The van der Waals surface area contributed by atoms with E-state index in [0.29, 0.717) is 12.2 Å². The van der Waals surface area contributed by atoms with Crippen molar-refractivity contribution in [3.8, 4) is 5.69 Å². The number of aromatic nitrogens is 3. The van der Waals surface area contributed by atoms with E-state index >= 15 is 0 Å². The summed E-state index contributed by atoms with van der Waals surface area (Å²) in [7, 11) is 0. The first-order valence-electron chi connectivity index (χ1n) is 9.84. The Morgan fingerprint density at radius 3 is 2.57 bits per heavy atom. The van der Waals surface area contributed by atoms with Crippen LogP contribution in [0.15, 0.2) is 30.7 Å². The van der Waals surface area contributed by atoms with Gasteiger partial charge in [0.25, 0.3) is 0 Å². The third kappa shape index (κ3) is 4.90. The minimum absolute atomic E-state index is 0.0588. The highest BCUT2D eigenvalue weighted by atomic mass is 35.5. The van der Waals surface area contributed by atoms with Gasteiger partial charge in [-0.2, -0.15) is 5.10 Å². The molecule has 0 saturated carbocycles. The molecule has 3 heterocycles. The Kier molecular flexibility index (Phi) is 7.03. The van der Waals surface area contributed by atoms with Gasteiger partial charge in [-0.05, 0) is 31.9 Å². The van der Waals surface area contributed by atoms with Gasteiger partial charge < -0.3 is 9.80 Å². The molecule has 0 bridgehead atoms. The summed E-state index contributed by atoms with van der Waals surface area (Å²) >= 11 is 6.29. The van der Waals surface area contributed by atoms with Crippen molar-refractivity contribution in [2.75, 3.05) is 24.5 Å². The van der Waals surface area contributed by atoms with Crippen molar-refractivity contribution < 1.29 is 9.59 Å². The maximum Gasteiger partial charge on any atom is 0.227 e. The van der Waals surface area contributed by atoms with Gasteiger partial charge in [0.2, 0.25) is 11.8 Å². The van der Waals surface area contributed by atoms with Gasteiger partial charge >= 0.3 is 0 Å². The van der Waals surface area contributed by atoms with Gasteiger partial charge in [0, 0.05) is 38.7 Å². The maximum absolute atomic E-state index is 12.8. The van der Waals surface area contributed by atoms with Crippen LogP contribution in [0.25, 0.3) is 5.69 Å². The number of hydrogen-bond donors (Lipinski definition) is 0. The molecule has 0 atom stereocenters. The number of halogens is 1. The van der Waals surface area contributed by atoms with E-state index in [-0.39, 0.29) is 29.8 Å². The molecule has 1 aliphatic heterocycles. The van der Waals surface area contributed by atoms with Crippen LogP contribution in [0.3, 0.4) is 0 Å². The van der Waals surface area contributed by atoms with Crippen molar-refractivity contribution in [3.05, 3.63) is 35.9 Å². The summed E-state index contributed by atoms with van der Waals surface area (Å²) in [6, 6.07) is 3.67. The third-order valence-electron chi connectivity index (χ3n) is 4.98. The van der Waals surface area contributed by atoms with E-state index in [0.717, 1.165) is 31.6 Å².